The first-order valence-corrected chi connectivity index (χ1v) is 10.3. The second kappa shape index (κ2) is 8.73. The fourth-order valence-electron chi connectivity index (χ4n) is 3.12. The number of halogens is 1. The highest BCUT2D eigenvalue weighted by Gasteiger charge is 2.18. The van der Waals surface area contributed by atoms with Gasteiger partial charge in [0, 0.05) is 23.7 Å². The van der Waals surface area contributed by atoms with Crippen LogP contribution in [-0.2, 0) is 11.2 Å². The number of benzene rings is 1. The first-order chi connectivity index (χ1) is 12.6. The van der Waals surface area contributed by atoms with E-state index in [0.717, 1.165) is 49.2 Å². The summed E-state index contributed by atoms with van der Waals surface area (Å²) in [6, 6.07) is 7.50. The summed E-state index contributed by atoms with van der Waals surface area (Å²) in [5.41, 5.74) is 8.90. The number of hydrogen-bond acceptors (Lipinski definition) is 5. The second-order valence-electron chi connectivity index (χ2n) is 6.30. The minimum absolute atomic E-state index is 0.150. The maximum absolute atomic E-state index is 12.3. The van der Waals surface area contributed by atoms with E-state index < -0.39 is 0 Å². The van der Waals surface area contributed by atoms with Crippen LogP contribution in [0, 0.1) is 0 Å². The zero-order chi connectivity index (χ0) is 18.5. The summed E-state index contributed by atoms with van der Waals surface area (Å²) in [5.74, 6) is 0.937. The summed E-state index contributed by atoms with van der Waals surface area (Å²) in [5, 5.41) is 1.23. The largest absolute Gasteiger partial charge is 0.383 e. The molecule has 2 heterocycles. The zero-order valence-corrected chi connectivity index (χ0v) is 16.4. The molecule has 1 aromatic carbocycles. The van der Waals surface area contributed by atoms with Gasteiger partial charge < -0.3 is 10.6 Å². The van der Waals surface area contributed by atoms with E-state index in [1.165, 1.54) is 18.2 Å². The number of thioether (sulfide) groups is 1. The number of piperidine rings is 1. The van der Waals surface area contributed by atoms with Crippen LogP contribution in [-0.4, -0.2) is 39.6 Å². The van der Waals surface area contributed by atoms with E-state index in [9.17, 15) is 4.79 Å². The number of nitrogens with two attached hydrogens (primary N) is 1. The molecule has 2 N–H and O–H groups in total. The number of nitrogen functional groups attached to an aromatic ring is 1. The van der Waals surface area contributed by atoms with E-state index in [0.29, 0.717) is 21.7 Å². The summed E-state index contributed by atoms with van der Waals surface area (Å²) in [6.45, 7) is 3.75. The van der Waals surface area contributed by atoms with Gasteiger partial charge in [-0.2, -0.15) is 0 Å². The van der Waals surface area contributed by atoms with E-state index in [4.69, 9.17) is 17.3 Å². The van der Waals surface area contributed by atoms with Gasteiger partial charge in [0.2, 0.25) is 5.91 Å². The topological polar surface area (TPSA) is 72.1 Å². The van der Waals surface area contributed by atoms with Gasteiger partial charge in [-0.1, -0.05) is 42.4 Å². The SMILES string of the molecule is CCc1nc(SCC(=O)N2CCCCC2)nc(N)c1-c1ccc(Cl)cc1. The van der Waals surface area contributed by atoms with E-state index in [-0.39, 0.29) is 5.91 Å². The number of anilines is 1. The Morgan fingerprint density at radius 1 is 1.19 bits per heavy atom. The average Bonchev–Trinajstić information content (AvgIpc) is 2.67. The van der Waals surface area contributed by atoms with Crippen LogP contribution in [0.15, 0.2) is 29.4 Å². The molecule has 26 heavy (non-hydrogen) atoms. The van der Waals surface area contributed by atoms with Crippen LogP contribution in [0.4, 0.5) is 5.82 Å². The lowest BCUT2D eigenvalue weighted by Crippen LogP contribution is -2.36. The van der Waals surface area contributed by atoms with Gasteiger partial charge >= 0.3 is 0 Å². The summed E-state index contributed by atoms with van der Waals surface area (Å²) in [6.07, 6.45) is 4.13. The van der Waals surface area contributed by atoms with Gasteiger partial charge in [-0.3, -0.25) is 4.79 Å². The second-order valence-corrected chi connectivity index (χ2v) is 7.68. The molecule has 0 bridgehead atoms. The lowest BCUT2D eigenvalue weighted by atomic mass is 10.0. The van der Waals surface area contributed by atoms with Crippen LogP contribution in [0.1, 0.15) is 31.9 Å². The Bertz CT molecular complexity index is 776. The lowest BCUT2D eigenvalue weighted by Gasteiger charge is -2.26. The minimum Gasteiger partial charge on any atom is -0.383 e. The van der Waals surface area contributed by atoms with E-state index in [1.807, 2.05) is 36.1 Å². The van der Waals surface area contributed by atoms with Crippen molar-refractivity contribution in [2.45, 2.75) is 37.8 Å². The van der Waals surface area contributed by atoms with E-state index in [2.05, 4.69) is 9.97 Å². The van der Waals surface area contributed by atoms with Crippen LogP contribution in [0.3, 0.4) is 0 Å². The van der Waals surface area contributed by atoms with Gasteiger partial charge in [0.05, 0.1) is 11.4 Å². The molecule has 1 saturated heterocycles. The van der Waals surface area contributed by atoms with Gasteiger partial charge in [0.1, 0.15) is 5.82 Å². The van der Waals surface area contributed by atoms with E-state index in [1.54, 1.807) is 0 Å². The third kappa shape index (κ3) is 4.48. The molecular weight excluding hydrogens is 368 g/mol. The summed E-state index contributed by atoms with van der Waals surface area (Å²) in [7, 11) is 0. The number of hydrogen-bond donors (Lipinski definition) is 1. The Balaban J connectivity index is 1.76. The lowest BCUT2D eigenvalue weighted by molar-refractivity contribution is -0.129. The fourth-order valence-corrected chi connectivity index (χ4v) is 4.01. The highest BCUT2D eigenvalue weighted by Crippen LogP contribution is 2.31. The van der Waals surface area contributed by atoms with Gasteiger partial charge in [0.25, 0.3) is 0 Å². The Morgan fingerprint density at radius 2 is 1.88 bits per heavy atom. The summed E-state index contributed by atoms with van der Waals surface area (Å²) >= 11 is 7.33. The number of amides is 1. The molecule has 3 rings (SSSR count). The molecule has 0 atom stereocenters. The minimum atomic E-state index is 0.150. The normalized spacial score (nSPS) is 14.5. The van der Waals surface area contributed by atoms with Crippen molar-refractivity contribution in [1.29, 1.82) is 0 Å². The number of carbonyl (C=O) groups excluding carboxylic acids is 1. The van der Waals surface area contributed by atoms with Crippen LogP contribution in [0.5, 0.6) is 0 Å². The van der Waals surface area contributed by atoms with Crippen molar-refractivity contribution in [3.05, 3.63) is 35.0 Å². The molecule has 7 heteroatoms. The molecule has 2 aromatic rings. The van der Waals surface area contributed by atoms with Gasteiger partial charge in [0.15, 0.2) is 5.16 Å². The number of aromatic nitrogens is 2. The molecule has 1 amide bonds. The fraction of sp³-hybridized carbons (Fsp3) is 0.421. The predicted octanol–water partition coefficient (Wildman–Crippen LogP) is 4.05. The first-order valence-electron chi connectivity index (χ1n) is 8.91. The monoisotopic (exact) mass is 390 g/mol. The average molecular weight is 391 g/mol. The molecule has 1 aliphatic heterocycles. The predicted molar refractivity (Wildman–Crippen MR) is 107 cm³/mol. The standard InChI is InChI=1S/C19H23ClN4OS/c1-2-15-17(13-6-8-14(20)9-7-13)18(21)23-19(22-15)26-12-16(25)24-10-4-3-5-11-24/h6-9H,2-5,10-12H2,1H3,(H2,21,22,23). The maximum atomic E-state index is 12.3. The molecule has 0 unspecified atom stereocenters. The Kier molecular flexibility index (Phi) is 6.38. The smallest absolute Gasteiger partial charge is 0.233 e. The molecule has 5 nitrogen and oxygen atoms in total. The van der Waals surface area contributed by atoms with Crippen molar-refractivity contribution in [2.75, 3.05) is 24.6 Å². The quantitative estimate of drug-likeness (QED) is 0.616. The molecule has 0 radical (unpaired) electrons. The molecule has 1 fully saturated rings. The van der Waals surface area contributed by atoms with Crippen molar-refractivity contribution in [1.82, 2.24) is 14.9 Å². The third-order valence-electron chi connectivity index (χ3n) is 4.49. The van der Waals surface area contributed by atoms with Crippen LogP contribution in [0.25, 0.3) is 11.1 Å². The first kappa shape index (κ1) is 19.0. The maximum Gasteiger partial charge on any atom is 0.233 e. The number of rotatable bonds is 5. The molecule has 138 valence electrons. The third-order valence-corrected chi connectivity index (χ3v) is 5.58. The van der Waals surface area contributed by atoms with Crippen molar-refractivity contribution in [3.8, 4) is 11.1 Å². The molecule has 1 aliphatic rings. The molecule has 0 saturated carbocycles. The van der Waals surface area contributed by atoms with Crippen molar-refractivity contribution >= 4 is 35.1 Å². The van der Waals surface area contributed by atoms with Crippen LogP contribution in [0.2, 0.25) is 5.02 Å². The Morgan fingerprint density at radius 3 is 2.54 bits per heavy atom. The van der Waals surface area contributed by atoms with Crippen molar-refractivity contribution in [3.63, 3.8) is 0 Å². The summed E-state index contributed by atoms with van der Waals surface area (Å²) < 4.78 is 0. The summed E-state index contributed by atoms with van der Waals surface area (Å²) in [4.78, 5) is 23.3. The number of aryl methyl sites for hydroxylation is 1. The van der Waals surface area contributed by atoms with Gasteiger partial charge in [-0.05, 0) is 43.4 Å². The van der Waals surface area contributed by atoms with Crippen molar-refractivity contribution < 1.29 is 4.79 Å². The van der Waals surface area contributed by atoms with E-state index >= 15 is 0 Å². The molecular formula is C19H23ClN4OS. The number of likely N-dealkylation sites (tertiary alicyclic amines) is 1. The molecule has 0 spiro atoms. The number of carbonyl (C=O) groups is 1. The molecule has 0 aliphatic carbocycles. The highest BCUT2D eigenvalue weighted by atomic mass is 35.5. The Labute approximate surface area is 163 Å². The highest BCUT2D eigenvalue weighted by molar-refractivity contribution is 7.99. The van der Waals surface area contributed by atoms with Crippen molar-refractivity contribution in [2.24, 2.45) is 0 Å². The number of nitrogens with zero attached hydrogens (tertiary/aromatic N) is 3. The zero-order valence-electron chi connectivity index (χ0n) is 14.9. The molecule has 1 aromatic heterocycles. The van der Waals surface area contributed by atoms with Gasteiger partial charge in [-0.25, -0.2) is 9.97 Å². The van der Waals surface area contributed by atoms with Crippen LogP contribution < -0.4 is 5.73 Å². The Hall–Kier alpha value is -1.79. The van der Waals surface area contributed by atoms with Gasteiger partial charge in [-0.15, -0.1) is 0 Å². The van der Waals surface area contributed by atoms with Crippen LogP contribution >= 0.6 is 23.4 Å².